The standard InChI is InChI=1S/C9H20N3O2P/c1-10-7-9(14)12-5-4-11-8(13)3-2-6-15/h10H,2-7,15H2,1H3,(H,11,13)(H,12,14). The maximum atomic E-state index is 11.1. The van der Waals surface area contributed by atoms with Crippen molar-refractivity contribution in [2.45, 2.75) is 12.8 Å². The number of rotatable bonds is 8. The molecule has 0 bridgehead atoms. The maximum Gasteiger partial charge on any atom is 0.234 e. The van der Waals surface area contributed by atoms with E-state index in [4.69, 9.17) is 0 Å². The van der Waals surface area contributed by atoms with E-state index in [-0.39, 0.29) is 11.8 Å². The quantitative estimate of drug-likeness (QED) is 0.375. The summed E-state index contributed by atoms with van der Waals surface area (Å²) in [6, 6.07) is 0. The zero-order chi connectivity index (χ0) is 11.5. The van der Waals surface area contributed by atoms with E-state index in [1.807, 2.05) is 0 Å². The van der Waals surface area contributed by atoms with Crippen LogP contribution in [0, 0.1) is 0 Å². The van der Waals surface area contributed by atoms with Gasteiger partial charge in [-0.15, -0.1) is 9.24 Å². The Balaban J connectivity index is 3.30. The number of hydrogen-bond acceptors (Lipinski definition) is 3. The average Bonchev–Trinajstić information content (AvgIpc) is 2.22. The first kappa shape index (κ1) is 14.3. The van der Waals surface area contributed by atoms with Crippen LogP contribution in [0.2, 0.25) is 0 Å². The molecular formula is C9H20N3O2P. The third-order valence-electron chi connectivity index (χ3n) is 1.71. The van der Waals surface area contributed by atoms with Crippen molar-refractivity contribution >= 4 is 21.1 Å². The predicted octanol–water partition coefficient (Wildman–Crippen LogP) is -0.906. The molecule has 5 nitrogen and oxygen atoms in total. The van der Waals surface area contributed by atoms with Crippen molar-refractivity contribution in [3.05, 3.63) is 0 Å². The highest BCUT2D eigenvalue weighted by Gasteiger charge is 2.00. The zero-order valence-electron chi connectivity index (χ0n) is 9.14. The first-order chi connectivity index (χ1) is 7.20. The Hall–Kier alpha value is -0.670. The Labute approximate surface area is 93.0 Å². The first-order valence-corrected chi connectivity index (χ1v) is 5.90. The summed E-state index contributed by atoms with van der Waals surface area (Å²) >= 11 is 0. The number of amides is 2. The molecule has 0 saturated carbocycles. The van der Waals surface area contributed by atoms with Gasteiger partial charge in [0, 0.05) is 19.5 Å². The lowest BCUT2D eigenvalue weighted by Gasteiger charge is -2.06. The van der Waals surface area contributed by atoms with Gasteiger partial charge < -0.3 is 16.0 Å². The summed E-state index contributed by atoms with van der Waals surface area (Å²) in [5.41, 5.74) is 0. The van der Waals surface area contributed by atoms with Crippen LogP contribution in [-0.4, -0.2) is 44.7 Å². The fourth-order valence-corrected chi connectivity index (χ4v) is 1.18. The van der Waals surface area contributed by atoms with E-state index in [1.54, 1.807) is 7.05 Å². The van der Waals surface area contributed by atoms with E-state index in [0.717, 1.165) is 12.6 Å². The van der Waals surface area contributed by atoms with Gasteiger partial charge in [0.05, 0.1) is 6.54 Å². The van der Waals surface area contributed by atoms with E-state index < -0.39 is 0 Å². The Bertz CT molecular complexity index is 200. The second-order valence-electron chi connectivity index (χ2n) is 3.12. The molecule has 15 heavy (non-hydrogen) atoms. The minimum Gasteiger partial charge on any atom is -0.354 e. The molecule has 6 heteroatoms. The van der Waals surface area contributed by atoms with Crippen LogP contribution in [0.4, 0.5) is 0 Å². The fraction of sp³-hybridized carbons (Fsp3) is 0.778. The summed E-state index contributed by atoms with van der Waals surface area (Å²) in [6.45, 7) is 1.28. The smallest absolute Gasteiger partial charge is 0.234 e. The van der Waals surface area contributed by atoms with Gasteiger partial charge in [0.25, 0.3) is 0 Å². The average molecular weight is 233 g/mol. The topological polar surface area (TPSA) is 70.2 Å². The monoisotopic (exact) mass is 233 g/mol. The van der Waals surface area contributed by atoms with Gasteiger partial charge in [-0.2, -0.15) is 0 Å². The van der Waals surface area contributed by atoms with Crippen LogP contribution in [0.15, 0.2) is 0 Å². The van der Waals surface area contributed by atoms with Crippen molar-refractivity contribution < 1.29 is 9.59 Å². The second kappa shape index (κ2) is 9.87. The summed E-state index contributed by atoms with van der Waals surface area (Å²) in [5.74, 6) is -0.0166. The van der Waals surface area contributed by atoms with E-state index in [0.29, 0.717) is 26.1 Å². The van der Waals surface area contributed by atoms with Gasteiger partial charge in [0.1, 0.15) is 0 Å². The van der Waals surface area contributed by atoms with E-state index in [1.165, 1.54) is 0 Å². The van der Waals surface area contributed by atoms with Gasteiger partial charge in [0.15, 0.2) is 0 Å². The zero-order valence-corrected chi connectivity index (χ0v) is 10.3. The summed E-state index contributed by atoms with van der Waals surface area (Å²) in [7, 11) is 4.29. The molecule has 1 unspecified atom stereocenters. The summed E-state index contributed by atoms with van der Waals surface area (Å²) in [6.07, 6.45) is 2.36. The Morgan fingerprint density at radius 2 is 1.73 bits per heavy atom. The molecule has 0 aliphatic carbocycles. The van der Waals surface area contributed by atoms with Crippen LogP contribution in [0.3, 0.4) is 0 Å². The Morgan fingerprint density at radius 3 is 2.27 bits per heavy atom. The lowest BCUT2D eigenvalue weighted by atomic mass is 10.3. The molecule has 0 aliphatic rings. The van der Waals surface area contributed by atoms with Crippen molar-refractivity contribution in [3.8, 4) is 0 Å². The number of hydrogen-bond donors (Lipinski definition) is 3. The van der Waals surface area contributed by atoms with Crippen LogP contribution >= 0.6 is 9.24 Å². The van der Waals surface area contributed by atoms with Crippen LogP contribution in [0.25, 0.3) is 0 Å². The van der Waals surface area contributed by atoms with E-state index in [9.17, 15) is 9.59 Å². The van der Waals surface area contributed by atoms with Gasteiger partial charge in [-0.3, -0.25) is 9.59 Å². The van der Waals surface area contributed by atoms with Crippen LogP contribution in [-0.2, 0) is 9.59 Å². The summed E-state index contributed by atoms with van der Waals surface area (Å²) < 4.78 is 0. The molecule has 0 rings (SSSR count). The normalized spacial score (nSPS) is 9.73. The molecule has 0 aliphatic heterocycles. The lowest BCUT2D eigenvalue weighted by Crippen LogP contribution is -2.38. The van der Waals surface area contributed by atoms with Crippen LogP contribution in [0.5, 0.6) is 0 Å². The van der Waals surface area contributed by atoms with Crippen molar-refractivity contribution in [2.75, 3.05) is 32.8 Å². The van der Waals surface area contributed by atoms with Crippen LogP contribution in [0.1, 0.15) is 12.8 Å². The number of carbonyl (C=O) groups is 2. The van der Waals surface area contributed by atoms with Crippen molar-refractivity contribution in [3.63, 3.8) is 0 Å². The van der Waals surface area contributed by atoms with Gasteiger partial charge in [-0.1, -0.05) is 0 Å². The SMILES string of the molecule is CNCC(=O)NCCNC(=O)CCCP. The maximum absolute atomic E-state index is 11.1. The molecule has 0 aromatic rings. The van der Waals surface area contributed by atoms with E-state index in [2.05, 4.69) is 25.2 Å². The lowest BCUT2D eigenvalue weighted by molar-refractivity contribution is -0.122. The molecule has 0 radical (unpaired) electrons. The second-order valence-corrected chi connectivity index (χ2v) is 3.70. The Kier molecular flexibility index (Phi) is 9.43. The highest BCUT2D eigenvalue weighted by molar-refractivity contribution is 7.16. The largest absolute Gasteiger partial charge is 0.354 e. The molecule has 0 saturated heterocycles. The summed E-state index contributed by atoms with van der Waals surface area (Å²) in [4.78, 5) is 22.1. The first-order valence-electron chi connectivity index (χ1n) is 5.08. The molecule has 0 aromatic heterocycles. The van der Waals surface area contributed by atoms with Crippen molar-refractivity contribution in [2.24, 2.45) is 0 Å². The highest BCUT2D eigenvalue weighted by atomic mass is 31.0. The third kappa shape index (κ3) is 9.63. The molecule has 0 heterocycles. The molecule has 88 valence electrons. The van der Waals surface area contributed by atoms with Gasteiger partial charge in [0.2, 0.25) is 11.8 Å². The molecule has 0 spiro atoms. The molecule has 0 aromatic carbocycles. The Morgan fingerprint density at radius 1 is 1.13 bits per heavy atom. The number of nitrogens with one attached hydrogen (secondary N) is 3. The fourth-order valence-electron chi connectivity index (χ4n) is 0.978. The van der Waals surface area contributed by atoms with Gasteiger partial charge in [-0.05, 0) is 19.6 Å². The number of likely N-dealkylation sites (N-methyl/N-ethyl adjacent to an activating group) is 1. The minimum absolute atomic E-state index is 0.0420. The predicted molar refractivity (Wildman–Crippen MR) is 63.8 cm³/mol. The van der Waals surface area contributed by atoms with Crippen molar-refractivity contribution in [1.29, 1.82) is 0 Å². The third-order valence-corrected chi connectivity index (χ3v) is 2.12. The number of carbonyl (C=O) groups excluding carboxylic acids is 2. The highest BCUT2D eigenvalue weighted by Crippen LogP contribution is 1.92. The van der Waals surface area contributed by atoms with Crippen LogP contribution < -0.4 is 16.0 Å². The molecular weight excluding hydrogens is 213 g/mol. The molecule has 2 amide bonds. The molecule has 0 fully saturated rings. The molecule has 3 N–H and O–H groups in total. The molecule has 1 atom stereocenters. The summed E-state index contributed by atoms with van der Waals surface area (Å²) in [5, 5.41) is 8.15. The van der Waals surface area contributed by atoms with Gasteiger partial charge >= 0.3 is 0 Å². The minimum atomic E-state index is -0.0586. The van der Waals surface area contributed by atoms with E-state index >= 15 is 0 Å². The van der Waals surface area contributed by atoms with Crippen molar-refractivity contribution in [1.82, 2.24) is 16.0 Å². The van der Waals surface area contributed by atoms with Gasteiger partial charge in [-0.25, -0.2) is 0 Å².